The summed E-state index contributed by atoms with van der Waals surface area (Å²) in [5.74, 6) is -0.116. The van der Waals surface area contributed by atoms with Gasteiger partial charge in [-0.1, -0.05) is 12.1 Å². The van der Waals surface area contributed by atoms with Crippen LogP contribution in [-0.4, -0.2) is 54.7 Å². The monoisotopic (exact) mass is 418 g/mol. The molecule has 7 heteroatoms. The average molecular weight is 419 g/mol. The van der Waals surface area contributed by atoms with E-state index in [1.54, 1.807) is 11.8 Å². The molecule has 2 saturated heterocycles. The Labute approximate surface area is 176 Å². The predicted molar refractivity (Wildman–Crippen MR) is 113 cm³/mol. The van der Waals surface area contributed by atoms with E-state index in [1.807, 2.05) is 11.2 Å². The van der Waals surface area contributed by atoms with Crippen molar-refractivity contribution < 1.29 is 19.1 Å². The standard InChI is InChI=1S/C22H30N2O4S/c1-28-21(27)17-9-13-24(14-10-17)20(26)8-12-22(11-7-19(25)23-22)15-16-3-5-18(29-2)6-4-16/h3-6,17H,7-15H2,1-2H3,(H,23,25)/t22-/m1/s1. The molecular weight excluding hydrogens is 388 g/mol. The van der Waals surface area contributed by atoms with Crippen LogP contribution >= 0.6 is 11.8 Å². The summed E-state index contributed by atoms with van der Waals surface area (Å²) in [5, 5.41) is 3.16. The van der Waals surface area contributed by atoms with E-state index in [2.05, 4.69) is 29.6 Å². The van der Waals surface area contributed by atoms with Gasteiger partial charge in [-0.05, 0) is 56.1 Å². The van der Waals surface area contributed by atoms with E-state index in [9.17, 15) is 14.4 Å². The van der Waals surface area contributed by atoms with Gasteiger partial charge in [0.15, 0.2) is 0 Å². The van der Waals surface area contributed by atoms with E-state index >= 15 is 0 Å². The van der Waals surface area contributed by atoms with Gasteiger partial charge in [-0.3, -0.25) is 14.4 Å². The fraction of sp³-hybridized carbons (Fsp3) is 0.591. The second-order valence-corrected chi connectivity index (χ2v) is 8.91. The highest BCUT2D eigenvalue weighted by molar-refractivity contribution is 7.98. The van der Waals surface area contributed by atoms with Crippen LogP contribution in [-0.2, 0) is 25.5 Å². The molecule has 2 heterocycles. The molecule has 1 aromatic carbocycles. The number of likely N-dealkylation sites (tertiary alicyclic amines) is 1. The first-order valence-electron chi connectivity index (χ1n) is 10.2. The number of carbonyl (C=O) groups is 3. The predicted octanol–water partition coefficient (Wildman–Crippen LogP) is 2.79. The summed E-state index contributed by atoms with van der Waals surface area (Å²) < 4.78 is 4.81. The molecule has 2 aliphatic heterocycles. The van der Waals surface area contributed by atoms with Crippen LogP contribution < -0.4 is 5.32 Å². The van der Waals surface area contributed by atoms with Crippen LogP contribution in [0.3, 0.4) is 0 Å². The fourth-order valence-corrected chi connectivity index (χ4v) is 4.76. The van der Waals surface area contributed by atoms with Gasteiger partial charge < -0.3 is 15.0 Å². The van der Waals surface area contributed by atoms with Crippen molar-refractivity contribution in [2.45, 2.75) is 55.4 Å². The Hall–Kier alpha value is -2.02. The van der Waals surface area contributed by atoms with Crippen molar-refractivity contribution in [3.8, 4) is 0 Å². The summed E-state index contributed by atoms with van der Waals surface area (Å²) in [6.07, 6.45) is 6.42. The minimum atomic E-state index is -0.349. The highest BCUT2D eigenvalue weighted by atomic mass is 32.2. The molecule has 0 spiro atoms. The second kappa shape index (κ2) is 9.65. The van der Waals surface area contributed by atoms with Crippen LogP contribution in [0.25, 0.3) is 0 Å². The van der Waals surface area contributed by atoms with E-state index in [4.69, 9.17) is 4.74 Å². The summed E-state index contributed by atoms with van der Waals surface area (Å²) in [7, 11) is 1.41. The minimum Gasteiger partial charge on any atom is -0.469 e. The van der Waals surface area contributed by atoms with Crippen molar-refractivity contribution in [1.82, 2.24) is 10.2 Å². The van der Waals surface area contributed by atoms with Crippen molar-refractivity contribution in [2.24, 2.45) is 5.92 Å². The highest BCUT2D eigenvalue weighted by Crippen LogP contribution is 2.31. The maximum Gasteiger partial charge on any atom is 0.308 e. The van der Waals surface area contributed by atoms with Gasteiger partial charge in [0.2, 0.25) is 11.8 Å². The number of benzene rings is 1. The number of esters is 1. The number of hydrogen-bond acceptors (Lipinski definition) is 5. The molecule has 158 valence electrons. The highest BCUT2D eigenvalue weighted by Gasteiger charge is 2.38. The third-order valence-corrected chi connectivity index (χ3v) is 6.88. The molecule has 0 saturated carbocycles. The second-order valence-electron chi connectivity index (χ2n) is 8.03. The molecule has 29 heavy (non-hydrogen) atoms. The van der Waals surface area contributed by atoms with Gasteiger partial charge in [-0.25, -0.2) is 0 Å². The maximum atomic E-state index is 12.8. The van der Waals surface area contributed by atoms with Gasteiger partial charge in [-0.2, -0.15) is 0 Å². The number of ether oxygens (including phenoxy) is 1. The SMILES string of the molecule is COC(=O)C1CCN(C(=O)CC[C@@]2(Cc3ccc(SC)cc3)CCC(=O)N2)CC1. The van der Waals surface area contributed by atoms with E-state index in [-0.39, 0.29) is 29.2 Å². The van der Waals surface area contributed by atoms with Gasteiger partial charge in [0, 0.05) is 36.4 Å². The summed E-state index contributed by atoms with van der Waals surface area (Å²) in [4.78, 5) is 39.4. The van der Waals surface area contributed by atoms with Crippen molar-refractivity contribution in [3.63, 3.8) is 0 Å². The minimum absolute atomic E-state index is 0.0667. The number of hydrogen-bond donors (Lipinski definition) is 1. The summed E-state index contributed by atoms with van der Waals surface area (Å²) >= 11 is 1.70. The number of rotatable bonds is 7. The number of amides is 2. The normalized spacial score (nSPS) is 22.4. The Morgan fingerprint density at radius 1 is 1.24 bits per heavy atom. The lowest BCUT2D eigenvalue weighted by Gasteiger charge is -2.33. The zero-order valence-corrected chi connectivity index (χ0v) is 18.1. The molecule has 0 aromatic heterocycles. The third-order valence-electron chi connectivity index (χ3n) is 6.14. The molecule has 3 rings (SSSR count). The van der Waals surface area contributed by atoms with Crippen LogP contribution in [0.4, 0.5) is 0 Å². The summed E-state index contributed by atoms with van der Waals surface area (Å²) in [5.41, 5.74) is 0.828. The van der Waals surface area contributed by atoms with Crippen molar-refractivity contribution in [2.75, 3.05) is 26.5 Å². The van der Waals surface area contributed by atoms with E-state index in [1.165, 1.54) is 17.6 Å². The zero-order chi connectivity index (χ0) is 20.9. The molecule has 2 amide bonds. The Kier molecular flexibility index (Phi) is 7.22. The zero-order valence-electron chi connectivity index (χ0n) is 17.2. The largest absolute Gasteiger partial charge is 0.469 e. The quantitative estimate of drug-likeness (QED) is 0.544. The Morgan fingerprint density at radius 3 is 2.48 bits per heavy atom. The first-order valence-corrected chi connectivity index (χ1v) is 11.5. The topological polar surface area (TPSA) is 75.7 Å². The summed E-state index contributed by atoms with van der Waals surface area (Å²) in [6.45, 7) is 1.18. The number of thioether (sulfide) groups is 1. The number of nitrogens with one attached hydrogen (secondary N) is 1. The van der Waals surface area contributed by atoms with Crippen LogP contribution in [0, 0.1) is 5.92 Å². The van der Waals surface area contributed by atoms with Gasteiger partial charge in [0.05, 0.1) is 13.0 Å². The average Bonchev–Trinajstić information content (AvgIpc) is 3.12. The first kappa shape index (κ1) is 21.7. The van der Waals surface area contributed by atoms with E-state index < -0.39 is 0 Å². The number of nitrogens with zero attached hydrogens (tertiary/aromatic N) is 1. The van der Waals surface area contributed by atoms with Gasteiger partial charge in [-0.15, -0.1) is 11.8 Å². The van der Waals surface area contributed by atoms with Gasteiger partial charge in [0.25, 0.3) is 0 Å². The molecule has 0 unspecified atom stereocenters. The molecule has 0 radical (unpaired) electrons. The van der Waals surface area contributed by atoms with Crippen molar-refractivity contribution >= 4 is 29.5 Å². The number of piperidine rings is 1. The molecule has 1 aromatic rings. The van der Waals surface area contributed by atoms with Gasteiger partial charge in [0.1, 0.15) is 0 Å². The molecule has 1 atom stereocenters. The lowest BCUT2D eigenvalue weighted by atomic mass is 9.84. The first-order chi connectivity index (χ1) is 13.9. The third kappa shape index (κ3) is 5.53. The molecule has 2 fully saturated rings. The number of methoxy groups -OCH3 is 1. The van der Waals surface area contributed by atoms with Crippen LogP contribution in [0.2, 0.25) is 0 Å². The molecule has 1 N–H and O–H groups in total. The Balaban J connectivity index is 1.57. The Morgan fingerprint density at radius 2 is 1.93 bits per heavy atom. The lowest BCUT2D eigenvalue weighted by molar-refractivity contribution is -0.149. The van der Waals surface area contributed by atoms with Gasteiger partial charge >= 0.3 is 5.97 Å². The van der Waals surface area contributed by atoms with E-state index in [0.717, 1.165) is 12.8 Å². The smallest absolute Gasteiger partial charge is 0.308 e. The number of carbonyl (C=O) groups excluding carboxylic acids is 3. The maximum absolute atomic E-state index is 12.8. The lowest BCUT2D eigenvalue weighted by Crippen LogP contribution is -2.46. The molecule has 2 aliphatic rings. The summed E-state index contributed by atoms with van der Waals surface area (Å²) in [6, 6.07) is 8.41. The van der Waals surface area contributed by atoms with Crippen LogP contribution in [0.15, 0.2) is 29.2 Å². The molecule has 0 bridgehead atoms. The fourth-order valence-electron chi connectivity index (χ4n) is 4.35. The molecule has 0 aliphatic carbocycles. The van der Waals surface area contributed by atoms with Crippen LogP contribution in [0.1, 0.15) is 44.1 Å². The van der Waals surface area contributed by atoms with Crippen molar-refractivity contribution in [3.05, 3.63) is 29.8 Å². The molecular formula is C22H30N2O4S. The Bertz CT molecular complexity index is 744. The van der Waals surface area contributed by atoms with E-state index in [0.29, 0.717) is 45.2 Å². The van der Waals surface area contributed by atoms with Crippen molar-refractivity contribution in [1.29, 1.82) is 0 Å². The molecule has 6 nitrogen and oxygen atoms in total. The van der Waals surface area contributed by atoms with Crippen LogP contribution in [0.5, 0.6) is 0 Å².